The summed E-state index contributed by atoms with van der Waals surface area (Å²) < 4.78 is 5.07. The molecule has 2 aliphatic carbocycles. The molecule has 3 rings (SSSR count). The summed E-state index contributed by atoms with van der Waals surface area (Å²) in [4.78, 5) is 11.9. The maximum atomic E-state index is 11.9. The standard InChI is InChI=1S/C15H22N2O2/c1-3-19-15(18)14-12-8-9(2)11(13(12)16-17-14)7-6-10-4-5-10/h9-11H,3-8H2,1-2H3,(H,16,17)/t9-,11-/m1/s1. The second-order valence-electron chi connectivity index (χ2n) is 5.99. The average molecular weight is 262 g/mol. The van der Waals surface area contributed by atoms with E-state index in [9.17, 15) is 4.79 Å². The number of fused-ring (bicyclic) bond motifs is 1. The van der Waals surface area contributed by atoms with Gasteiger partial charge in [0.05, 0.1) is 6.61 Å². The van der Waals surface area contributed by atoms with E-state index < -0.39 is 0 Å². The fourth-order valence-electron chi connectivity index (χ4n) is 3.26. The van der Waals surface area contributed by atoms with E-state index in [1.54, 1.807) is 0 Å². The van der Waals surface area contributed by atoms with Crippen molar-refractivity contribution >= 4 is 5.97 Å². The van der Waals surface area contributed by atoms with E-state index in [-0.39, 0.29) is 5.97 Å². The van der Waals surface area contributed by atoms with Gasteiger partial charge in [-0.15, -0.1) is 0 Å². The highest BCUT2D eigenvalue weighted by Gasteiger charge is 2.36. The summed E-state index contributed by atoms with van der Waals surface area (Å²) in [5, 5.41) is 7.28. The van der Waals surface area contributed by atoms with Crippen molar-refractivity contribution < 1.29 is 9.53 Å². The summed E-state index contributed by atoms with van der Waals surface area (Å²) >= 11 is 0. The zero-order valence-corrected chi connectivity index (χ0v) is 11.7. The van der Waals surface area contributed by atoms with Crippen molar-refractivity contribution in [2.75, 3.05) is 6.61 Å². The highest BCUT2D eigenvalue weighted by molar-refractivity contribution is 5.89. The van der Waals surface area contributed by atoms with Gasteiger partial charge in [-0.25, -0.2) is 4.79 Å². The van der Waals surface area contributed by atoms with Crippen LogP contribution in [0.25, 0.3) is 0 Å². The van der Waals surface area contributed by atoms with Crippen LogP contribution in [0.3, 0.4) is 0 Å². The van der Waals surface area contributed by atoms with E-state index in [0.29, 0.717) is 24.1 Å². The molecule has 0 aromatic carbocycles. The first-order valence-corrected chi connectivity index (χ1v) is 7.45. The number of hydrogen-bond acceptors (Lipinski definition) is 3. The molecule has 0 amide bonds. The summed E-state index contributed by atoms with van der Waals surface area (Å²) in [6, 6.07) is 0. The Morgan fingerprint density at radius 1 is 1.42 bits per heavy atom. The fraction of sp³-hybridized carbons (Fsp3) is 0.733. The van der Waals surface area contributed by atoms with Crippen molar-refractivity contribution in [1.82, 2.24) is 10.2 Å². The second-order valence-corrected chi connectivity index (χ2v) is 5.99. The lowest BCUT2D eigenvalue weighted by Gasteiger charge is -2.15. The number of nitrogens with zero attached hydrogens (tertiary/aromatic N) is 1. The molecular weight excluding hydrogens is 240 g/mol. The number of nitrogens with one attached hydrogen (secondary N) is 1. The molecular formula is C15H22N2O2. The predicted molar refractivity (Wildman–Crippen MR) is 72.1 cm³/mol. The van der Waals surface area contributed by atoms with Gasteiger partial charge in [0.1, 0.15) is 0 Å². The molecule has 0 radical (unpaired) electrons. The van der Waals surface area contributed by atoms with Crippen LogP contribution in [0.4, 0.5) is 0 Å². The van der Waals surface area contributed by atoms with E-state index in [1.165, 1.54) is 31.4 Å². The summed E-state index contributed by atoms with van der Waals surface area (Å²) in [5.74, 6) is 1.83. The number of H-pyrrole nitrogens is 1. The molecule has 0 unspecified atom stereocenters. The van der Waals surface area contributed by atoms with Crippen LogP contribution in [0.5, 0.6) is 0 Å². The van der Waals surface area contributed by atoms with Gasteiger partial charge < -0.3 is 4.74 Å². The molecule has 104 valence electrons. The van der Waals surface area contributed by atoms with Crippen molar-refractivity contribution in [3.05, 3.63) is 17.0 Å². The third-order valence-corrected chi connectivity index (χ3v) is 4.53. The monoisotopic (exact) mass is 262 g/mol. The molecule has 1 saturated carbocycles. The highest BCUT2D eigenvalue weighted by atomic mass is 16.5. The zero-order chi connectivity index (χ0) is 13.4. The molecule has 4 heteroatoms. The van der Waals surface area contributed by atoms with Crippen LogP contribution < -0.4 is 0 Å². The third-order valence-electron chi connectivity index (χ3n) is 4.53. The zero-order valence-electron chi connectivity index (χ0n) is 11.7. The Kier molecular flexibility index (Phi) is 3.33. The molecule has 2 aliphatic rings. The van der Waals surface area contributed by atoms with E-state index in [2.05, 4.69) is 17.1 Å². The predicted octanol–water partition coefficient (Wildman–Crippen LogP) is 3.05. The first-order chi connectivity index (χ1) is 9.20. The van der Waals surface area contributed by atoms with Crippen LogP contribution in [-0.2, 0) is 11.2 Å². The van der Waals surface area contributed by atoms with Gasteiger partial charge in [-0.2, -0.15) is 5.10 Å². The van der Waals surface area contributed by atoms with Gasteiger partial charge in [-0.1, -0.05) is 19.8 Å². The number of hydrogen-bond donors (Lipinski definition) is 1. The number of ether oxygens (including phenoxy) is 1. The normalized spacial score (nSPS) is 25.4. The van der Waals surface area contributed by atoms with Crippen molar-refractivity contribution in [2.45, 2.75) is 51.9 Å². The Balaban J connectivity index is 1.75. The van der Waals surface area contributed by atoms with Gasteiger partial charge in [0.25, 0.3) is 0 Å². The molecule has 0 aliphatic heterocycles. The van der Waals surface area contributed by atoms with Crippen molar-refractivity contribution in [3.63, 3.8) is 0 Å². The van der Waals surface area contributed by atoms with Crippen LogP contribution in [0, 0.1) is 11.8 Å². The SMILES string of the molecule is CCOC(=O)c1n[nH]c2c1C[C@@H](C)[C@H]2CCC1CC1. The summed E-state index contributed by atoms with van der Waals surface area (Å²) in [5.41, 5.74) is 2.81. The maximum Gasteiger partial charge on any atom is 0.359 e. The lowest BCUT2D eigenvalue weighted by molar-refractivity contribution is 0.0518. The Labute approximate surface area is 113 Å². The molecule has 0 bridgehead atoms. The molecule has 19 heavy (non-hydrogen) atoms. The van der Waals surface area contributed by atoms with Crippen LogP contribution in [0.1, 0.15) is 67.2 Å². The minimum absolute atomic E-state index is 0.282. The van der Waals surface area contributed by atoms with Crippen LogP contribution in [0.2, 0.25) is 0 Å². The molecule has 2 atom stereocenters. The third kappa shape index (κ3) is 2.40. The van der Waals surface area contributed by atoms with E-state index in [4.69, 9.17) is 4.74 Å². The van der Waals surface area contributed by atoms with Gasteiger partial charge in [-0.05, 0) is 38.0 Å². The second kappa shape index (κ2) is 4.99. The summed E-state index contributed by atoms with van der Waals surface area (Å²) in [6.07, 6.45) is 6.32. The number of aromatic nitrogens is 2. The molecule has 1 fully saturated rings. The Hall–Kier alpha value is -1.32. The number of aromatic amines is 1. The number of carbonyl (C=O) groups excluding carboxylic acids is 1. The van der Waals surface area contributed by atoms with Crippen molar-refractivity contribution in [3.8, 4) is 0 Å². The number of rotatable bonds is 5. The Morgan fingerprint density at radius 3 is 2.89 bits per heavy atom. The molecule has 1 heterocycles. The topological polar surface area (TPSA) is 55.0 Å². The van der Waals surface area contributed by atoms with Gasteiger partial charge in [0, 0.05) is 17.2 Å². The lowest BCUT2D eigenvalue weighted by Crippen LogP contribution is -2.09. The van der Waals surface area contributed by atoms with E-state index >= 15 is 0 Å². The smallest absolute Gasteiger partial charge is 0.359 e. The Morgan fingerprint density at radius 2 is 2.21 bits per heavy atom. The molecule has 0 spiro atoms. The van der Waals surface area contributed by atoms with E-state index in [1.807, 2.05) is 6.92 Å². The minimum Gasteiger partial charge on any atom is -0.461 e. The summed E-state index contributed by atoms with van der Waals surface area (Å²) in [7, 11) is 0. The first kappa shape index (κ1) is 12.7. The average Bonchev–Trinajstić information content (AvgIpc) is 3.03. The molecule has 1 aromatic rings. The summed E-state index contributed by atoms with van der Waals surface area (Å²) in [6.45, 7) is 4.51. The minimum atomic E-state index is -0.282. The highest BCUT2D eigenvalue weighted by Crippen LogP contribution is 2.44. The Bertz CT molecular complexity index is 476. The largest absolute Gasteiger partial charge is 0.461 e. The van der Waals surface area contributed by atoms with Gasteiger partial charge in [-0.3, -0.25) is 5.10 Å². The molecule has 4 nitrogen and oxygen atoms in total. The first-order valence-electron chi connectivity index (χ1n) is 7.45. The number of esters is 1. The van der Waals surface area contributed by atoms with Crippen LogP contribution >= 0.6 is 0 Å². The molecule has 1 N–H and O–H groups in total. The van der Waals surface area contributed by atoms with Crippen molar-refractivity contribution in [2.24, 2.45) is 11.8 Å². The van der Waals surface area contributed by atoms with Crippen LogP contribution in [0.15, 0.2) is 0 Å². The quantitative estimate of drug-likeness (QED) is 0.830. The maximum absolute atomic E-state index is 11.9. The van der Waals surface area contributed by atoms with Gasteiger partial charge >= 0.3 is 5.97 Å². The lowest BCUT2D eigenvalue weighted by atomic mass is 9.91. The molecule has 0 saturated heterocycles. The van der Waals surface area contributed by atoms with Gasteiger partial charge in [0.15, 0.2) is 5.69 Å². The van der Waals surface area contributed by atoms with Crippen LogP contribution in [-0.4, -0.2) is 22.8 Å². The number of carbonyl (C=O) groups is 1. The molecule has 1 aromatic heterocycles. The van der Waals surface area contributed by atoms with E-state index in [0.717, 1.165) is 17.9 Å². The van der Waals surface area contributed by atoms with Gasteiger partial charge in [0.2, 0.25) is 0 Å². The fourth-order valence-corrected chi connectivity index (χ4v) is 3.26. The van der Waals surface area contributed by atoms with Crippen molar-refractivity contribution in [1.29, 1.82) is 0 Å².